The summed E-state index contributed by atoms with van der Waals surface area (Å²) in [6, 6.07) is 0.359. The van der Waals surface area contributed by atoms with E-state index < -0.39 is 0 Å². The van der Waals surface area contributed by atoms with Gasteiger partial charge >= 0.3 is 0 Å². The van der Waals surface area contributed by atoms with Crippen LogP contribution >= 0.6 is 0 Å². The van der Waals surface area contributed by atoms with Crippen LogP contribution in [-0.2, 0) is 4.74 Å². The molecule has 90 valence electrons. The molecule has 0 heterocycles. The Kier molecular flexibility index (Phi) is 6.15. The Labute approximate surface area is 95.1 Å². The summed E-state index contributed by atoms with van der Waals surface area (Å²) in [5.41, 5.74) is 1.35. The van der Waals surface area contributed by atoms with Crippen molar-refractivity contribution in [2.75, 3.05) is 13.7 Å². The van der Waals surface area contributed by atoms with Gasteiger partial charge in [-0.15, -0.1) is 6.58 Å². The molecule has 0 fully saturated rings. The summed E-state index contributed by atoms with van der Waals surface area (Å²) >= 11 is 0. The Morgan fingerprint density at radius 2 is 1.93 bits per heavy atom. The zero-order valence-electron chi connectivity index (χ0n) is 11.2. The average molecular weight is 213 g/mol. The molecule has 0 bridgehead atoms. The largest absolute Gasteiger partial charge is 0.379 e. The number of methoxy groups -OCH3 is 1. The van der Waals surface area contributed by atoms with E-state index in [1.165, 1.54) is 5.57 Å². The van der Waals surface area contributed by atoms with Gasteiger partial charge in [-0.1, -0.05) is 33.3 Å². The van der Waals surface area contributed by atoms with E-state index in [9.17, 15) is 0 Å². The lowest BCUT2D eigenvalue weighted by molar-refractivity contribution is -0.0105. The number of hydrogen-bond acceptors (Lipinski definition) is 2. The Bertz CT molecular complexity index is 193. The van der Waals surface area contributed by atoms with Crippen molar-refractivity contribution < 1.29 is 4.74 Å². The highest BCUT2D eigenvalue weighted by atomic mass is 16.5. The first-order valence-electron chi connectivity index (χ1n) is 5.73. The summed E-state index contributed by atoms with van der Waals surface area (Å²) in [6.07, 6.45) is 1.19. The molecule has 2 unspecified atom stereocenters. The van der Waals surface area contributed by atoms with Crippen molar-refractivity contribution in [1.29, 1.82) is 0 Å². The predicted molar refractivity (Wildman–Crippen MR) is 67.1 cm³/mol. The van der Waals surface area contributed by atoms with Gasteiger partial charge in [-0.05, 0) is 25.3 Å². The number of rotatable bonds is 6. The third kappa shape index (κ3) is 5.33. The molecule has 0 aromatic carbocycles. The van der Waals surface area contributed by atoms with Gasteiger partial charge in [0.25, 0.3) is 0 Å². The number of nitrogens with one attached hydrogen (secondary N) is 1. The Morgan fingerprint density at radius 1 is 1.40 bits per heavy atom. The van der Waals surface area contributed by atoms with Crippen LogP contribution in [0, 0.1) is 5.41 Å². The molecule has 0 amide bonds. The molecule has 0 aliphatic heterocycles. The highest BCUT2D eigenvalue weighted by Crippen LogP contribution is 2.26. The van der Waals surface area contributed by atoms with E-state index in [2.05, 4.69) is 46.5 Å². The summed E-state index contributed by atoms with van der Waals surface area (Å²) in [7, 11) is 1.79. The van der Waals surface area contributed by atoms with Crippen LogP contribution in [-0.4, -0.2) is 25.8 Å². The lowest BCUT2D eigenvalue weighted by Crippen LogP contribution is -2.47. The van der Waals surface area contributed by atoms with E-state index in [0.29, 0.717) is 6.04 Å². The third-order valence-electron chi connectivity index (χ3n) is 2.51. The molecule has 0 aliphatic carbocycles. The van der Waals surface area contributed by atoms with Crippen molar-refractivity contribution in [2.45, 2.75) is 53.2 Å². The van der Waals surface area contributed by atoms with Crippen LogP contribution in [0.1, 0.15) is 41.0 Å². The molecule has 2 nitrogen and oxygen atoms in total. The fraction of sp³-hybridized carbons (Fsp3) is 0.846. The first-order chi connectivity index (χ1) is 6.82. The molecule has 2 atom stereocenters. The van der Waals surface area contributed by atoms with Gasteiger partial charge in [0, 0.05) is 13.2 Å². The van der Waals surface area contributed by atoms with E-state index in [0.717, 1.165) is 13.0 Å². The molecular formula is C13H27NO. The van der Waals surface area contributed by atoms with Crippen LogP contribution in [0.15, 0.2) is 12.2 Å². The minimum atomic E-state index is 0.150. The van der Waals surface area contributed by atoms with Crippen molar-refractivity contribution in [3.05, 3.63) is 12.2 Å². The Morgan fingerprint density at radius 3 is 2.20 bits per heavy atom. The van der Waals surface area contributed by atoms with Crippen LogP contribution in [0.4, 0.5) is 0 Å². The molecule has 0 saturated carbocycles. The minimum absolute atomic E-state index is 0.150. The average Bonchev–Trinajstić information content (AvgIpc) is 2.01. The molecule has 0 aliphatic rings. The molecule has 0 spiro atoms. The fourth-order valence-electron chi connectivity index (χ4n) is 2.05. The van der Waals surface area contributed by atoms with Crippen LogP contribution in [0.2, 0.25) is 0 Å². The zero-order valence-corrected chi connectivity index (χ0v) is 11.2. The molecule has 1 N–H and O–H groups in total. The van der Waals surface area contributed by atoms with Gasteiger partial charge in [-0.3, -0.25) is 0 Å². The molecule has 0 saturated heterocycles. The summed E-state index contributed by atoms with van der Waals surface area (Å²) in [5, 5.41) is 3.49. The fourth-order valence-corrected chi connectivity index (χ4v) is 2.05. The van der Waals surface area contributed by atoms with Crippen molar-refractivity contribution >= 4 is 0 Å². The molecule has 0 aromatic rings. The van der Waals surface area contributed by atoms with E-state index in [1.807, 2.05) is 0 Å². The van der Waals surface area contributed by atoms with E-state index >= 15 is 0 Å². The lowest BCUT2D eigenvalue weighted by Gasteiger charge is -2.36. The highest BCUT2D eigenvalue weighted by molar-refractivity contribution is 4.98. The van der Waals surface area contributed by atoms with Gasteiger partial charge in [0.05, 0.1) is 6.10 Å². The second-order valence-corrected chi connectivity index (χ2v) is 5.35. The Balaban J connectivity index is 4.61. The van der Waals surface area contributed by atoms with Crippen LogP contribution in [0.25, 0.3) is 0 Å². The number of hydrogen-bond donors (Lipinski definition) is 1. The normalized spacial score (nSPS) is 16.1. The Hall–Kier alpha value is -0.340. The first kappa shape index (κ1) is 14.7. The molecule has 0 rings (SSSR count). The molecule has 0 aromatic heterocycles. The number of ether oxygens (including phenoxy) is 1. The van der Waals surface area contributed by atoms with Gasteiger partial charge in [-0.25, -0.2) is 0 Å². The summed E-state index contributed by atoms with van der Waals surface area (Å²) in [5.74, 6) is 0. The van der Waals surface area contributed by atoms with Gasteiger partial charge in [-0.2, -0.15) is 0 Å². The van der Waals surface area contributed by atoms with Gasteiger partial charge in [0.15, 0.2) is 0 Å². The summed E-state index contributed by atoms with van der Waals surface area (Å²) in [4.78, 5) is 0. The monoisotopic (exact) mass is 213 g/mol. The van der Waals surface area contributed by atoms with Crippen LogP contribution in [0.5, 0.6) is 0 Å². The van der Waals surface area contributed by atoms with Crippen molar-refractivity contribution in [3.63, 3.8) is 0 Å². The maximum absolute atomic E-state index is 5.63. The second kappa shape index (κ2) is 6.29. The maximum Gasteiger partial charge on any atom is 0.0775 e. The van der Waals surface area contributed by atoms with Crippen molar-refractivity contribution in [1.82, 2.24) is 5.32 Å². The second-order valence-electron chi connectivity index (χ2n) is 5.35. The first-order valence-corrected chi connectivity index (χ1v) is 5.73. The molecular weight excluding hydrogens is 186 g/mol. The van der Waals surface area contributed by atoms with Gasteiger partial charge in [0.1, 0.15) is 0 Å². The summed E-state index contributed by atoms with van der Waals surface area (Å²) < 4.78 is 5.63. The lowest BCUT2D eigenvalue weighted by atomic mass is 9.82. The van der Waals surface area contributed by atoms with E-state index in [1.54, 1.807) is 7.11 Å². The zero-order chi connectivity index (χ0) is 12.1. The van der Waals surface area contributed by atoms with E-state index in [-0.39, 0.29) is 11.5 Å². The predicted octanol–water partition coefficient (Wildman–Crippen LogP) is 2.99. The SMILES string of the molecule is C=C(C)CC(NCC)C(OC)C(C)(C)C. The minimum Gasteiger partial charge on any atom is -0.379 e. The number of likely N-dealkylation sites (N-methyl/N-ethyl adjacent to an activating group) is 1. The smallest absolute Gasteiger partial charge is 0.0775 e. The standard InChI is InChI=1S/C13H27NO/c1-8-14-11(9-10(2)3)12(15-7)13(4,5)6/h11-12,14H,2,8-9H2,1,3-7H3. The van der Waals surface area contributed by atoms with Gasteiger partial charge in [0.2, 0.25) is 0 Å². The highest BCUT2D eigenvalue weighted by Gasteiger charge is 2.31. The maximum atomic E-state index is 5.63. The quantitative estimate of drug-likeness (QED) is 0.685. The summed E-state index contributed by atoms with van der Waals surface area (Å²) in [6.45, 7) is 15.8. The molecule has 15 heavy (non-hydrogen) atoms. The van der Waals surface area contributed by atoms with Crippen LogP contribution in [0.3, 0.4) is 0 Å². The van der Waals surface area contributed by atoms with Crippen molar-refractivity contribution in [2.24, 2.45) is 5.41 Å². The van der Waals surface area contributed by atoms with E-state index in [4.69, 9.17) is 4.74 Å². The topological polar surface area (TPSA) is 21.3 Å². The molecule has 2 heteroatoms. The van der Waals surface area contributed by atoms with Gasteiger partial charge < -0.3 is 10.1 Å². The third-order valence-corrected chi connectivity index (χ3v) is 2.51. The molecule has 0 radical (unpaired) electrons. The van der Waals surface area contributed by atoms with Crippen molar-refractivity contribution in [3.8, 4) is 0 Å². The van der Waals surface area contributed by atoms with Crippen LogP contribution < -0.4 is 5.32 Å².